The van der Waals surface area contributed by atoms with Crippen molar-refractivity contribution in [3.05, 3.63) is 59.1 Å². The van der Waals surface area contributed by atoms with E-state index in [0.29, 0.717) is 0 Å². The maximum atomic E-state index is 12.7. The van der Waals surface area contributed by atoms with Crippen LogP contribution in [0.1, 0.15) is 32.3 Å². The van der Waals surface area contributed by atoms with Crippen LogP contribution in [0.3, 0.4) is 0 Å². The Hall–Kier alpha value is -2.04. The largest absolute Gasteiger partial charge is 0.489 e. The van der Waals surface area contributed by atoms with E-state index in [1.807, 2.05) is 50.2 Å². The molecule has 0 saturated carbocycles. The minimum absolute atomic E-state index is 0.0403. The number of carbonyl (C=O) groups is 1. The molecule has 3 rings (SSSR count). The number of carbonyl (C=O) groups excluding carboxylic acids is 1. The smallest absolute Gasteiger partial charge is 0.227 e. The summed E-state index contributed by atoms with van der Waals surface area (Å²) in [6, 6.07) is 15.6. The van der Waals surface area contributed by atoms with E-state index in [0.717, 1.165) is 48.9 Å². The number of halogens is 1. The fourth-order valence-electron chi connectivity index (χ4n) is 3.36. The Morgan fingerprint density at radius 3 is 2.48 bits per heavy atom. The van der Waals surface area contributed by atoms with Gasteiger partial charge in [-0.2, -0.15) is 0 Å². The average Bonchev–Trinajstić information content (AvgIpc) is 2.65. The van der Waals surface area contributed by atoms with E-state index in [2.05, 4.69) is 22.3 Å². The van der Waals surface area contributed by atoms with E-state index >= 15 is 0 Å². The first-order valence-corrected chi connectivity index (χ1v) is 9.92. The van der Waals surface area contributed by atoms with Crippen molar-refractivity contribution in [2.45, 2.75) is 39.3 Å². The van der Waals surface area contributed by atoms with Crippen molar-refractivity contribution in [2.75, 3.05) is 18.4 Å². The summed E-state index contributed by atoms with van der Waals surface area (Å²) in [5.74, 6) is 0.848. The second kappa shape index (κ2) is 9.25. The highest BCUT2D eigenvalue weighted by Crippen LogP contribution is 2.27. The number of hydrogen-bond acceptors (Lipinski definition) is 3. The number of nitrogens with zero attached hydrogens (tertiary/aromatic N) is 1. The first-order valence-electron chi connectivity index (χ1n) is 9.54. The van der Waals surface area contributed by atoms with E-state index in [4.69, 9.17) is 16.3 Å². The van der Waals surface area contributed by atoms with Crippen molar-refractivity contribution in [3.63, 3.8) is 0 Å². The molecule has 4 nitrogen and oxygen atoms in total. The fraction of sp³-hybridized carbons (Fsp3) is 0.409. The minimum atomic E-state index is 0.0403. The summed E-state index contributed by atoms with van der Waals surface area (Å²) < 4.78 is 5.79. The van der Waals surface area contributed by atoms with Crippen LogP contribution >= 0.6 is 11.6 Å². The highest BCUT2D eigenvalue weighted by atomic mass is 35.5. The molecule has 0 aliphatic carbocycles. The van der Waals surface area contributed by atoms with Gasteiger partial charge in [-0.3, -0.25) is 9.69 Å². The SMILES string of the molecule is CC(C)Oc1ccccc1NC(=O)C1CCN(Cc2ccc(Cl)cc2)CC1. The molecule has 0 unspecified atom stereocenters. The average molecular weight is 387 g/mol. The molecule has 5 heteroatoms. The molecule has 2 aromatic carbocycles. The van der Waals surface area contributed by atoms with Gasteiger partial charge in [0.15, 0.2) is 0 Å². The van der Waals surface area contributed by atoms with E-state index in [9.17, 15) is 4.79 Å². The van der Waals surface area contributed by atoms with Gasteiger partial charge in [0.25, 0.3) is 0 Å². The van der Waals surface area contributed by atoms with Gasteiger partial charge in [-0.1, -0.05) is 35.9 Å². The molecule has 1 saturated heterocycles. The predicted octanol–water partition coefficient (Wildman–Crippen LogP) is 4.98. The molecule has 0 atom stereocenters. The standard InChI is InChI=1S/C22H27ClN2O2/c1-16(2)27-21-6-4-3-5-20(21)24-22(26)18-11-13-25(14-12-18)15-17-7-9-19(23)10-8-17/h3-10,16,18H,11-15H2,1-2H3,(H,24,26). The number of piperidine rings is 1. The first kappa shape index (κ1) is 19.7. The lowest BCUT2D eigenvalue weighted by Crippen LogP contribution is -2.37. The van der Waals surface area contributed by atoms with Crippen LogP contribution in [-0.4, -0.2) is 30.0 Å². The molecule has 2 aromatic rings. The van der Waals surface area contributed by atoms with Crippen LogP contribution in [0.5, 0.6) is 5.75 Å². The molecule has 27 heavy (non-hydrogen) atoms. The third-order valence-electron chi connectivity index (χ3n) is 4.79. The summed E-state index contributed by atoms with van der Waals surface area (Å²) in [6.45, 7) is 6.70. The van der Waals surface area contributed by atoms with Crippen molar-refractivity contribution in [1.82, 2.24) is 4.90 Å². The van der Waals surface area contributed by atoms with Gasteiger partial charge in [0, 0.05) is 17.5 Å². The molecule has 0 radical (unpaired) electrons. The number of para-hydroxylation sites is 2. The topological polar surface area (TPSA) is 41.6 Å². The number of likely N-dealkylation sites (tertiary alicyclic amines) is 1. The number of hydrogen-bond donors (Lipinski definition) is 1. The number of nitrogens with one attached hydrogen (secondary N) is 1. The number of ether oxygens (including phenoxy) is 1. The van der Waals surface area contributed by atoms with Crippen LogP contribution < -0.4 is 10.1 Å². The van der Waals surface area contributed by atoms with Crippen molar-refractivity contribution in [1.29, 1.82) is 0 Å². The Labute approximate surface area is 166 Å². The number of anilines is 1. The zero-order valence-corrected chi connectivity index (χ0v) is 16.7. The second-order valence-electron chi connectivity index (χ2n) is 7.33. The van der Waals surface area contributed by atoms with Gasteiger partial charge >= 0.3 is 0 Å². The molecule has 0 aromatic heterocycles. The first-order chi connectivity index (χ1) is 13.0. The Morgan fingerprint density at radius 1 is 1.15 bits per heavy atom. The van der Waals surface area contributed by atoms with Gasteiger partial charge in [-0.15, -0.1) is 0 Å². The van der Waals surface area contributed by atoms with Crippen LogP contribution in [0.4, 0.5) is 5.69 Å². The molecule has 0 bridgehead atoms. The van der Waals surface area contributed by atoms with E-state index in [1.54, 1.807) is 0 Å². The van der Waals surface area contributed by atoms with Crippen molar-refractivity contribution in [2.24, 2.45) is 5.92 Å². The molecule has 1 heterocycles. The summed E-state index contributed by atoms with van der Waals surface area (Å²) in [6.07, 6.45) is 1.80. The molecule has 144 valence electrons. The van der Waals surface area contributed by atoms with Crippen LogP contribution in [0, 0.1) is 5.92 Å². The molecule has 0 spiro atoms. The summed E-state index contributed by atoms with van der Waals surface area (Å²) in [7, 11) is 0. The summed E-state index contributed by atoms with van der Waals surface area (Å²) in [5, 5.41) is 3.82. The number of amides is 1. The lowest BCUT2D eigenvalue weighted by atomic mass is 9.95. The van der Waals surface area contributed by atoms with Crippen LogP contribution in [0.2, 0.25) is 5.02 Å². The Kier molecular flexibility index (Phi) is 6.75. The molecular weight excluding hydrogens is 360 g/mol. The third kappa shape index (κ3) is 5.72. The fourth-order valence-corrected chi connectivity index (χ4v) is 3.49. The summed E-state index contributed by atoms with van der Waals surface area (Å²) >= 11 is 5.95. The van der Waals surface area contributed by atoms with E-state index in [1.165, 1.54) is 5.56 Å². The second-order valence-corrected chi connectivity index (χ2v) is 7.77. The van der Waals surface area contributed by atoms with E-state index in [-0.39, 0.29) is 17.9 Å². The molecule has 1 fully saturated rings. The lowest BCUT2D eigenvalue weighted by Gasteiger charge is -2.31. The maximum Gasteiger partial charge on any atom is 0.227 e. The highest BCUT2D eigenvalue weighted by molar-refractivity contribution is 6.30. The van der Waals surface area contributed by atoms with Gasteiger partial charge in [0.1, 0.15) is 5.75 Å². The highest BCUT2D eigenvalue weighted by Gasteiger charge is 2.25. The third-order valence-corrected chi connectivity index (χ3v) is 5.04. The predicted molar refractivity (Wildman–Crippen MR) is 110 cm³/mol. The number of rotatable bonds is 6. The van der Waals surface area contributed by atoms with Gasteiger partial charge in [0.05, 0.1) is 11.8 Å². The van der Waals surface area contributed by atoms with Crippen LogP contribution in [-0.2, 0) is 11.3 Å². The van der Waals surface area contributed by atoms with Gasteiger partial charge in [0.2, 0.25) is 5.91 Å². The van der Waals surface area contributed by atoms with Gasteiger partial charge in [-0.25, -0.2) is 0 Å². The Bertz CT molecular complexity index is 753. The summed E-state index contributed by atoms with van der Waals surface area (Å²) in [4.78, 5) is 15.1. The van der Waals surface area contributed by atoms with Crippen molar-refractivity contribution in [3.8, 4) is 5.75 Å². The molecule has 1 amide bonds. The zero-order valence-electron chi connectivity index (χ0n) is 16.0. The van der Waals surface area contributed by atoms with Gasteiger partial charge < -0.3 is 10.1 Å². The molecule has 1 aliphatic rings. The zero-order chi connectivity index (χ0) is 19.2. The maximum absolute atomic E-state index is 12.7. The van der Waals surface area contributed by atoms with Crippen molar-refractivity contribution >= 4 is 23.2 Å². The molecule has 1 aliphatic heterocycles. The van der Waals surface area contributed by atoms with Crippen LogP contribution in [0.15, 0.2) is 48.5 Å². The molecule has 1 N–H and O–H groups in total. The Morgan fingerprint density at radius 2 is 1.81 bits per heavy atom. The van der Waals surface area contributed by atoms with Gasteiger partial charge in [-0.05, 0) is 69.6 Å². The quantitative estimate of drug-likeness (QED) is 0.761. The van der Waals surface area contributed by atoms with E-state index < -0.39 is 0 Å². The molecular formula is C22H27ClN2O2. The number of benzene rings is 2. The minimum Gasteiger partial charge on any atom is -0.489 e. The lowest BCUT2D eigenvalue weighted by molar-refractivity contribution is -0.121. The normalized spacial score (nSPS) is 15.7. The Balaban J connectivity index is 1.52. The van der Waals surface area contributed by atoms with Crippen molar-refractivity contribution < 1.29 is 9.53 Å². The summed E-state index contributed by atoms with van der Waals surface area (Å²) in [5.41, 5.74) is 2.00. The van der Waals surface area contributed by atoms with Crippen LogP contribution in [0.25, 0.3) is 0 Å². The monoisotopic (exact) mass is 386 g/mol.